The van der Waals surface area contributed by atoms with Gasteiger partial charge in [-0.1, -0.05) is 64.7 Å². The second-order valence-electron chi connectivity index (χ2n) is 7.71. The maximum absolute atomic E-state index is 13.3. The number of aryl methyl sites for hydroxylation is 2. The van der Waals surface area contributed by atoms with Crippen LogP contribution >= 0.6 is 23.2 Å². The molecule has 0 aliphatic heterocycles. The van der Waals surface area contributed by atoms with Crippen LogP contribution in [-0.4, -0.2) is 12.1 Å². The summed E-state index contributed by atoms with van der Waals surface area (Å²) >= 11 is 12.0. The molecule has 0 saturated carbocycles. The van der Waals surface area contributed by atoms with Gasteiger partial charge in [-0.25, -0.2) is 4.79 Å². The van der Waals surface area contributed by atoms with Gasteiger partial charge < -0.3 is 13.9 Å². The van der Waals surface area contributed by atoms with Gasteiger partial charge in [0, 0.05) is 10.6 Å². The maximum atomic E-state index is 13.3. The molecule has 7 heteroatoms. The minimum absolute atomic E-state index is 0.168. The molecule has 0 fully saturated rings. The first kappa shape index (κ1) is 22.9. The SMILES string of the molecule is Cc1ccc(-c2oc3ccc(C)cc3c(=O)c2OC(=O)[C@@H](C)Oc2ccc(Cl)cc2Cl)cc1. The summed E-state index contributed by atoms with van der Waals surface area (Å²) < 4.78 is 17.2. The van der Waals surface area contributed by atoms with E-state index in [1.165, 1.54) is 13.0 Å². The van der Waals surface area contributed by atoms with Crippen molar-refractivity contribution in [3.05, 3.63) is 92.1 Å². The van der Waals surface area contributed by atoms with Crippen LogP contribution in [0.4, 0.5) is 0 Å². The lowest BCUT2D eigenvalue weighted by Crippen LogP contribution is -2.30. The van der Waals surface area contributed by atoms with Crippen molar-refractivity contribution < 1.29 is 18.7 Å². The molecule has 0 unspecified atom stereocenters. The first-order valence-corrected chi connectivity index (χ1v) is 11.0. The van der Waals surface area contributed by atoms with Gasteiger partial charge in [0.25, 0.3) is 0 Å². The zero-order chi connectivity index (χ0) is 23.7. The minimum atomic E-state index is -1.05. The van der Waals surface area contributed by atoms with E-state index in [1.54, 1.807) is 36.4 Å². The van der Waals surface area contributed by atoms with Gasteiger partial charge in [0.1, 0.15) is 11.3 Å². The molecule has 1 heterocycles. The standard InChI is InChI=1S/C26H20Cl2O5/c1-14-4-7-17(8-5-14)24-25(23(29)19-12-15(2)6-10-21(19)32-24)33-26(30)16(3)31-22-11-9-18(27)13-20(22)28/h4-13,16H,1-3H3/t16-/m1/s1. The molecule has 168 valence electrons. The highest BCUT2D eigenvalue weighted by Crippen LogP contribution is 2.32. The fourth-order valence-corrected chi connectivity index (χ4v) is 3.73. The normalized spacial score (nSPS) is 11.9. The van der Waals surface area contributed by atoms with Crippen molar-refractivity contribution in [1.82, 2.24) is 0 Å². The van der Waals surface area contributed by atoms with Crippen molar-refractivity contribution in [2.75, 3.05) is 0 Å². The largest absolute Gasteiger partial charge is 0.477 e. The lowest BCUT2D eigenvalue weighted by Gasteiger charge is -2.16. The summed E-state index contributed by atoms with van der Waals surface area (Å²) in [4.78, 5) is 26.2. The predicted molar refractivity (Wildman–Crippen MR) is 130 cm³/mol. The highest BCUT2D eigenvalue weighted by molar-refractivity contribution is 6.35. The Balaban J connectivity index is 1.74. The third-order valence-corrected chi connectivity index (χ3v) is 5.58. The Labute approximate surface area is 200 Å². The minimum Gasteiger partial charge on any atom is -0.477 e. The van der Waals surface area contributed by atoms with Crippen molar-refractivity contribution in [1.29, 1.82) is 0 Å². The fraction of sp³-hybridized carbons (Fsp3) is 0.154. The number of halogens is 2. The number of benzene rings is 3. The Bertz CT molecular complexity index is 1410. The number of fused-ring (bicyclic) bond motifs is 1. The summed E-state index contributed by atoms with van der Waals surface area (Å²) in [5.41, 5.74) is 2.48. The van der Waals surface area contributed by atoms with Crippen LogP contribution in [0.3, 0.4) is 0 Å². The number of rotatable bonds is 5. The second-order valence-corrected chi connectivity index (χ2v) is 8.55. The van der Waals surface area contributed by atoms with Gasteiger partial charge in [-0.3, -0.25) is 4.79 Å². The number of hydrogen-bond acceptors (Lipinski definition) is 5. The van der Waals surface area contributed by atoms with Crippen molar-refractivity contribution >= 4 is 40.1 Å². The summed E-state index contributed by atoms with van der Waals surface area (Å²) in [5.74, 6) is -0.528. The van der Waals surface area contributed by atoms with Crippen LogP contribution in [0.25, 0.3) is 22.3 Å². The van der Waals surface area contributed by atoms with Crippen LogP contribution in [-0.2, 0) is 4.79 Å². The van der Waals surface area contributed by atoms with Gasteiger partial charge in [0.05, 0.1) is 10.4 Å². The van der Waals surface area contributed by atoms with Crippen molar-refractivity contribution in [3.8, 4) is 22.8 Å². The lowest BCUT2D eigenvalue weighted by molar-refractivity contribution is -0.141. The van der Waals surface area contributed by atoms with Gasteiger partial charge in [0.2, 0.25) is 11.2 Å². The smallest absolute Gasteiger partial charge is 0.352 e. The Kier molecular flexibility index (Phi) is 6.45. The molecule has 4 aromatic rings. The average Bonchev–Trinajstić information content (AvgIpc) is 2.78. The topological polar surface area (TPSA) is 65.7 Å². The van der Waals surface area contributed by atoms with E-state index in [-0.39, 0.29) is 22.3 Å². The Hall–Kier alpha value is -3.28. The molecule has 1 aromatic heterocycles. The van der Waals surface area contributed by atoms with Gasteiger partial charge in [0.15, 0.2) is 11.9 Å². The molecule has 4 rings (SSSR count). The molecule has 0 aliphatic carbocycles. The monoisotopic (exact) mass is 482 g/mol. The van der Waals surface area contributed by atoms with Crippen LogP contribution in [0.15, 0.2) is 69.9 Å². The first-order chi connectivity index (χ1) is 15.7. The van der Waals surface area contributed by atoms with Crippen molar-refractivity contribution in [3.63, 3.8) is 0 Å². The molecule has 0 saturated heterocycles. The summed E-state index contributed by atoms with van der Waals surface area (Å²) in [6.07, 6.45) is -1.05. The van der Waals surface area contributed by atoms with E-state index in [9.17, 15) is 9.59 Å². The molecule has 0 spiro atoms. The zero-order valence-electron chi connectivity index (χ0n) is 18.1. The lowest BCUT2D eigenvalue weighted by atomic mass is 10.1. The van der Waals surface area contributed by atoms with Gasteiger partial charge >= 0.3 is 5.97 Å². The van der Waals surface area contributed by atoms with Crippen LogP contribution in [0.1, 0.15) is 18.1 Å². The molecule has 1 atom stereocenters. The molecule has 0 radical (unpaired) electrons. The third kappa shape index (κ3) is 4.90. The highest BCUT2D eigenvalue weighted by Gasteiger charge is 2.25. The van der Waals surface area contributed by atoms with E-state index in [2.05, 4.69) is 0 Å². The van der Waals surface area contributed by atoms with Gasteiger partial charge in [-0.2, -0.15) is 0 Å². The van der Waals surface area contributed by atoms with Crippen LogP contribution < -0.4 is 14.9 Å². The molecular formula is C26H20Cl2O5. The summed E-state index contributed by atoms with van der Waals surface area (Å²) in [7, 11) is 0. The molecular weight excluding hydrogens is 463 g/mol. The van der Waals surface area contributed by atoms with E-state index in [1.807, 2.05) is 32.0 Å². The number of ether oxygens (including phenoxy) is 2. The molecule has 0 N–H and O–H groups in total. The Morgan fingerprint density at radius 3 is 2.33 bits per heavy atom. The summed E-state index contributed by atoms with van der Waals surface area (Å²) in [5, 5.41) is 1.01. The molecule has 0 aliphatic rings. The molecule has 0 amide bonds. The van der Waals surface area contributed by atoms with Crippen LogP contribution in [0.2, 0.25) is 10.0 Å². The predicted octanol–water partition coefficient (Wildman–Crippen LogP) is 6.76. The number of hydrogen-bond donors (Lipinski definition) is 0. The molecule has 3 aromatic carbocycles. The number of carbonyl (C=O) groups excluding carboxylic acids is 1. The maximum Gasteiger partial charge on any atom is 0.352 e. The first-order valence-electron chi connectivity index (χ1n) is 10.2. The van der Waals surface area contributed by atoms with E-state index in [4.69, 9.17) is 37.1 Å². The third-order valence-electron chi connectivity index (χ3n) is 5.05. The van der Waals surface area contributed by atoms with Crippen molar-refractivity contribution in [2.45, 2.75) is 26.9 Å². The molecule has 5 nitrogen and oxygen atoms in total. The van der Waals surface area contributed by atoms with E-state index >= 15 is 0 Å². The molecule has 33 heavy (non-hydrogen) atoms. The average molecular weight is 483 g/mol. The van der Waals surface area contributed by atoms with Gasteiger partial charge in [-0.15, -0.1) is 0 Å². The summed E-state index contributed by atoms with van der Waals surface area (Å²) in [6, 6.07) is 17.3. The van der Waals surface area contributed by atoms with Crippen LogP contribution in [0, 0.1) is 13.8 Å². The van der Waals surface area contributed by atoms with Crippen LogP contribution in [0.5, 0.6) is 11.5 Å². The molecule has 0 bridgehead atoms. The van der Waals surface area contributed by atoms with Crippen molar-refractivity contribution in [2.24, 2.45) is 0 Å². The summed E-state index contributed by atoms with van der Waals surface area (Å²) in [6.45, 7) is 5.32. The number of carbonyl (C=O) groups is 1. The second kappa shape index (κ2) is 9.30. The Morgan fingerprint density at radius 2 is 1.64 bits per heavy atom. The Morgan fingerprint density at radius 1 is 0.939 bits per heavy atom. The number of esters is 1. The van der Waals surface area contributed by atoms with E-state index in [0.717, 1.165) is 11.1 Å². The highest BCUT2D eigenvalue weighted by atomic mass is 35.5. The zero-order valence-corrected chi connectivity index (χ0v) is 19.7. The van der Waals surface area contributed by atoms with E-state index < -0.39 is 17.5 Å². The van der Waals surface area contributed by atoms with Gasteiger partial charge in [-0.05, 0) is 51.1 Å². The fourth-order valence-electron chi connectivity index (χ4n) is 3.27. The van der Waals surface area contributed by atoms with E-state index in [0.29, 0.717) is 21.6 Å². The quantitative estimate of drug-likeness (QED) is 0.294.